The summed E-state index contributed by atoms with van der Waals surface area (Å²) in [5.74, 6) is 0. The zero-order chi connectivity index (χ0) is 18.4. The summed E-state index contributed by atoms with van der Waals surface area (Å²) in [4.78, 5) is 0. The van der Waals surface area contributed by atoms with Crippen LogP contribution in [0.15, 0.2) is 13.5 Å². The van der Waals surface area contributed by atoms with Crippen molar-refractivity contribution in [1.82, 2.24) is 23.4 Å². The van der Waals surface area contributed by atoms with Crippen molar-refractivity contribution in [3.05, 3.63) is 0 Å². The molecule has 0 aromatic carbocycles. The summed E-state index contributed by atoms with van der Waals surface area (Å²) in [6.07, 6.45) is 8.03. The Morgan fingerprint density at radius 1 is 0.464 bits per heavy atom. The first-order chi connectivity index (χ1) is 13.8. The lowest BCUT2D eigenvalue weighted by atomic mass is 10.4. The first-order valence-corrected chi connectivity index (χ1v) is 16.4. The highest BCUT2D eigenvalue weighted by molar-refractivity contribution is 7.84. The van der Waals surface area contributed by atoms with Crippen LogP contribution in [0, 0.1) is 0 Å². The summed E-state index contributed by atoms with van der Waals surface area (Å²) in [6.45, 7) is 12.1. The number of hydrogen-bond donors (Lipinski definition) is 0. The minimum Gasteiger partial charge on any atom is -0.249 e. The van der Waals surface area contributed by atoms with E-state index in [2.05, 4.69) is 23.4 Å². The molecule has 1 atom stereocenters. The summed E-state index contributed by atoms with van der Waals surface area (Å²) < 4.78 is 31.5. The fraction of sp³-hybridized carbons (Fsp3) is 1.00. The van der Waals surface area contributed by atoms with Crippen LogP contribution in [-0.4, -0.2) is 94.5 Å². The van der Waals surface area contributed by atoms with Crippen LogP contribution in [0.2, 0.25) is 0 Å². The van der Waals surface area contributed by atoms with E-state index in [-0.39, 0.29) is 0 Å². The predicted octanol–water partition coefficient (Wildman–Crippen LogP) is 4.22. The molecule has 1 saturated carbocycles. The third-order valence-corrected chi connectivity index (χ3v) is 20.5. The standard InChI is InChI=1S/C17H33N8P3/c1-2-8-22(7-1)27(23-9-3-4-10-23)18-26(17-5-6-17,21-11-12-21)19-28(20-27,24-13-14-24)25-15-16-25/h17H,1-16H2. The molecule has 1 unspecified atom stereocenters. The minimum atomic E-state index is -1.99. The van der Waals surface area contributed by atoms with Crippen molar-refractivity contribution >= 4 is 22.4 Å². The molecule has 7 rings (SSSR count). The zero-order valence-corrected chi connectivity index (χ0v) is 19.5. The van der Waals surface area contributed by atoms with Crippen molar-refractivity contribution in [1.29, 1.82) is 0 Å². The van der Waals surface area contributed by atoms with E-state index in [1.807, 2.05) is 0 Å². The molecule has 6 aliphatic heterocycles. The zero-order valence-electron chi connectivity index (χ0n) is 16.8. The molecule has 156 valence electrons. The fourth-order valence-corrected chi connectivity index (χ4v) is 22.0. The quantitative estimate of drug-likeness (QED) is 0.455. The van der Waals surface area contributed by atoms with Crippen molar-refractivity contribution in [2.45, 2.75) is 44.2 Å². The van der Waals surface area contributed by atoms with Crippen LogP contribution in [0.5, 0.6) is 0 Å². The molecule has 6 heterocycles. The second-order valence-corrected chi connectivity index (χ2v) is 18.5. The van der Waals surface area contributed by atoms with Crippen LogP contribution < -0.4 is 0 Å². The molecule has 11 heteroatoms. The van der Waals surface area contributed by atoms with Crippen molar-refractivity contribution in [2.24, 2.45) is 13.5 Å². The van der Waals surface area contributed by atoms with Crippen molar-refractivity contribution in [3.63, 3.8) is 0 Å². The Morgan fingerprint density at radius 3 is 1.32 bits per heavy atom. The molecule has 0 aromatic rings. The maximum Gasteiger partial charge on any atom is 0.220 e. The second kappa shape index (κ2) is 6.26. The summed E-state index contributed by atoms with van der Waals surface area (Å²) in [5, 5.41) is 0. The highest BCUT2D eigenvalue weighted by Crippen LogP contribution is 2.88. The Morgan fingerprint density at radius 2 is 0.893 bits per heavy atom. The highest BCUT2D eigenvalue weighted by atomic mass is 31.3. The maximum absolute atomic E-state index is 5.99. The van der Waals surface area contributed by atoms with E-state index >= 15 is 0 Å². The van der Waals surface area contributed by atoms with Gasteiger partial charge >= 0.3 is 0 Å². The normalized spacial score (nSPS) is 40.7. The van der Waals surface area contributed by atoms with Crippen LogP contribution in [0.4, 0.5) is 0 Å². The number of rotatable bonds is 6. The van der Waals surface area contributed by atoms with Gasteiger partial charge in [0, 0.05) is 71.1 Å². The molecule has 28 heavy (non-hydrogen) atoms. The van der Waals surface area contributed by atoms with Crippen molar-refractivity contribution < 1.29 is 0 Å². The lowest BCUT2D eigenvalue weighted by Crippen LogP contribution is -2.29. The molecule has 0 aromatic heterocycles. The van der Waals surface area contributed by atoms with Crippen LogP contribution >= 0.6 is 22.4 Å². The Hall–Kier alpha value is 0.490. The van der Waals surface area contributed by atoms with Crippen LogP contribution in [0.25, 0.3) is 0 Å². The molecule has 5 saturated heterocycles. The van der Waals surface area contributed by atoms with Crippen molar-refractivity contribution in [2.75, 3.05) is 65.4 Å². The highest BCUT2D eigenvalue weighted by Gasteiger charge is 2.58. The molecule has 7 aliphatic rings. The van der Waals surface area contributed by atoms with E-state index in [0.717, 1.165) is 5.66 Å². The van der Waals surface area contributed by atoms with Gasteiger partial charge in [-0.2, -0.15) is 13.5 Å². The molecule has 0 spiro atoms. The summed E-state index contributed by atoms with van der Waals surface area (Å²) in [6, 6.07) is 0. The van der Waals surface area contributed by atoms with E-state index in [1.54, 1.807) is 0 Å². The molecule has 8 nitrogen and oxygen atoms in total. The first-order valence-electron chi connectivity index (χ1n) is 11.4. The summed E-state index contributed by atoms with van der Waals surface area (Å²) >= 11 is 0. The average Bonchev–Trinajstić information content (AvgIpc) is 3.54. The molecule has 0 radical (unpaired) electrons. The number of hydrogen-bond acceptors (Lipinski definition) is 8. The lowest BCUT2D eigenvalue weighted by Gasteiger charge is -2.44. The lowest BCUT2D eigenvalue weighted by molar-refractivity contribution is 0.464. The average molecular weight is 442 g/mol. The van der Waals surface area contributed by atoms with E-state index < -0.39 is 22.4 Å². The summed E-state index contributed by atoms with van der Waals surface area (Å²) in [7, 11) is -5.64. The van der Waals surface area contributed by atoms with Crippen LogP contribution in [-0.2, 0) is 0 Å². The van der Waals surface area contributed by atoms with E-state index in [9.17, 15) is 0 Å². The van der Waals surface area contributed by atoms with Crippen LogP contribution in [0.3, 0.4) is 0 Å². The second-order valence-electron chi connectivity index (χ2n) is 9.37. The third kappa shape index (κ3) is 2.66. The Bertz CT molecular complexity index is 763. The summed E-state index contributed by atoms with van der Waals surface area (Å²) in [5.41, 5.74) is 0.759. The van der Waals surface area contributed by atoms with E-state index in [4.69, 9.17) is 13.5 Å². The van der Waals surface area contributed by atoms with Crippen molar-refractivity contribution in [3.8, 4) is 0 Å². The SMILES string of the molecule is C1CCN(P2(N3CCCC3)=NP(C3CC3)(N3CC3)=NP(N3CC3)(N3CC3)=N2)C1. The van der Waals surface area contributed by atoms with Gasteiger partial charge in [0.25, 0.3) is 0 Å². The molecule has 1 aliphatic carbocycles. The molecule has 0 bridgehead atoms. The maximum atomic E-state index is 5.99. The van der Waals surface area contributed by atoms with Gasteiger partial charge in [-0.05, 0) is 38.5 Å². The monoisotopic (exact) mass is 442 g/mol. The van der Waals surface area contributed by atoms with E-state index in [0.29, 0.717) is 0 Å². The third-order valence-electron chi connectivity index (χ3n) is 7.15. The minimum absolute atomic E-state index is 0.759. The topological polar surface area (TPSA) is 52.6 Å². The van der Waals surface area contributed by atoms with Gasteiger partial charge in [0.2, 0.25) is 15.0 Å². The smallest absolute Gasteiger partial charge is 0.220 e. The predicted molar refractivity (Wildman–Crippen MR) is 117 cm³/mol. The fourth-order valence-electron chi connectivity index (χ4n) is 5.19. The van der Waals surface area contributed by atoms with Gasteiger partial charge in [0.1, 0.15) is 0 Å². The van der Waals surface area contributed by atoms with Gasteiger partial charge in [0.05, 0.1) is 0 Å². The number of nitrogens with zero attached hydrogens (tertiary/aromatic N) is 8. The van der Waals surface area contributed by atoms with Gasteiger partial charge in [-0.1, -0.05) is 0 Å². The Balaban J connectivity index is 1.52. The molecular formula is C17H33N8P3. The van der Waals surface area contributed by atoms with Gasteiger partial charge < -0.3 is 0 Å². The van der Waals surface area contributed by atoms with Gasteiger partial charge in [-0.25, -0.2) is 23.4 Å². The molecule has 0 N–H and O–H groups in total. The Kier molecular flexibility index (Phi) is 4.05. The van der Waals surface area contributed by atoms with Gasteiger partial charge in [-0.15, -0.1) is 0 Å². The molecule has 6 fully saturated rings. The van der Waals surface area contributed by atoms with Gasteiger partial charge in [0.15, 0.2) is 7.36 Å². The Labute approximate surface area is 169 Å². The van der Waals surface area contributed by atoms with Crippen LogP contribution in [0.1, 0.15) is 38.5 Å². The van der Waals surface area contributed by atoms with Gasteiger partial charge in [-0.3, -0.25) is 0 Å². The first kappa shape index (κ1) is 18.1. The van der Waals surface area contributed by atoms with E-state index in [1.165, 1.54) is 104 Å². The molecule has 0 amide bonds. The molecular weight excluding hydrogens is 409 g/mol. The largest absolute Gasteiger partial charge is 0.249 e.